The molecule has 0 saturated carbocycles. The van der Waals surface area contributed by atoms with Crippen molar-refractivity contribution < 1.29 is 18.5 Å². The van der Waals surface area contributed by atoms with E-state index in [1.165, 1.54) is 11.3 Å². The van der Waals surface area contributed by atoms with Crippen LogP contribution in [0.15, 0.2) is 29.6 Å². The molecule has 0 aliphatic carbocycles. The lowest BCUT2D eigenvalue weighted by molar-refractivity contribution is -0.387. The summed E-state index contributed by atoms with van der Waals surface area (Å²) in [7, 11) is 0. The summed E-state index contributed by atoms with van der Waals surface area (Å²) in [6.07, 6.45) is 0. The molecule has 21 heavy (non-hydrogen) atoms. The van der Waals surface area contributed by atoms with Gasteiger partial charge in [-0.1, -0.05) is 6.07 Å². The number of carbonyl (C=O) groups is 1. The van der Waals surface area contributed by atoms with Crippen LogP contribution < -0.4 is 5.32 Å². The lowest BCUT2D eigenvalue weighted by Crippen LogP contribution is -2.28. The number of benzene rings is 1. The minimum atomic E-state index is -1.48. The van der Waals surface area contributed by atoms with Gasteiger partial charge >= 0.3 is 5.69 Å². The van der Waals surface area contributed by atoms with Crippen LogP contribution in [-0.2, 0) is 0 Å². The van der Waals surface area contributed by atoms with Gasteiger partial charge in [-0.2, -0.15) is 4.39 Å². The molecule has 1 aromatic carbocycles. The fourth-order valence-corrected chi connectivity index (χ4v) is 2.50. The summed E-state index contributed by atoms with van der Waals surface area (Å²) in [4.78, 5) is 22.4. The number of hydrogen-bond donors (Lipinski definition) is 1. The van der Waals surface area contributed by atoms with E-state index in [1.54, 1.807) is 24.4 Å². The average molecular weight is 312 g/mol. The van der Waals surface area contributed by atoms with E-state index in [-0.39, 0.29) is 0 Å². The predicted octanol–water partition coefficient (Wildman–Crippen LogP) is 3.43. The van der Waals surface area contributed by atoms with Crippen LogP contribution in [0, 0.1) is 21.7 Å². The Morgan fingerprint density at radius 1 is 1.38 bits per heavy atom. The standard InChI is InChI=1S/C13H10F2N2O3S/c1-7(10-3-2-6-21-10)16-13(18)11-8(14)4-5-9(12(11)15)17(19)20/h2-7H,1H3,(H,16,18). The third-order valence-corrected chi connectivity index (χ3v) is 3.87. The molecule has 5 nitrogen and oxygen atoms in total. The highest BCUT2D eigenvalue weighted by Crippen LogP contribution is 2.24. The molecular weight excluding hydrogens is 302 g/mol. The summed E-state index contributed by atoms with van der Waals surface area (Å²) >= 11 is 1.37. The Hall–Kier alpha value is -2.35. The van der Waals surface area contributed by atoms with Crippen LogP contribution in [0.4, 0.5) is 14.5 Å². The number of nitrogens with one attached hydrogen (secondary N) is 1. The van der Waals surface area contributed by atoms with E-state index < -0.39 is 39.8 Å². The van der Waals surface area contributed by atoms with Gasteiger partial charge in [0, 0.05) is 10.9 Å². The quantitative estimate of drug-likeness (QED) is 0.694. The van der Waals surface area contributed by atoms with E-state index >= 15 is 0 Å². The predicted molar refractivity (Wildman–Crippen MR) is 73.2 cm³/mol. The maximum atomic E-state index is 13.9. The largest absolute Gasteiger partial charge is 0.345 e. The number of nitro benzene ring substituents is 1. The number of rotatable bonds is 4. The van der Waals surface area contributed by atoms with E-state index in [2.05, 4.69) is 5.32 Å². The minimum absolute atomic E-state index is 0.462. The first-order chi connectivity index (χ1) is 9.91. The highest BCUT2D eigenvalue weighted by atomic mass is 32.1. The van der Waals surface area contributed by atoms with Crippen LogP contribution in [-0.4, -0.2) is 10.8 Å². The Labute approximate surface area is 122 Å². The summed E-state index contributed by atoms with van der Waals surface area (Å²) < 4.78 is 27.5. The van der Waals surface area contributed by atoms with E-state index in [4.69, 9.17) is 0 Å². The average Bonchev–Trinajstić information content (AvgIpc) is 2.91. The van der Waals surface area contributed by atoms with Crippen LogP contribution in [0.3, 0.4) is 0 Å². The van der Waals surface area contributed by atoms with Crippen molar-refractivity contribution in [2.45, 2.75) is 13.0 Å². The van der Waals surface area contributed by atoms with Crippen LogP contribution >= 0.6 is 11.3 Å². The van der Waals surface area contributed by atoms with Crippen molar-refractivity contribution in [3.8, 4) is 0 Å². The van der Waals surface area contributed by atoms with Gasteiger partial charge in [-0.3, -0.25) is 14.9 Å². The molecule has 1 atom stereocenters. The molecule has 1 N–H and O–H groups in total. The Morgan fingerprint density at radius 2 is 2.10 bits per heavy atom. The number of nitrogens with zero attached hydrogens (tertiary/aromatic N) is 1. The van der Waals surface area contributed by atoms with Crippen molar-refractivity contribution in [2.75, 3.05) is 0 Å². The molecule has 1 heterocycles. The molecule has 1 amide bonds. The van der Waals surface area contributed by atoms with Gasteiger partial charge in [0.05, 0.1) is 11.0 Å². The Morgan fingerprint density at radius 3 is 2.67 bits per heavy atom. The van der Waals surface area contributed by atoms with Gasteiger partial charge in [0.2, 0.25) is 5.82 Å². The molecule has 1 unspecified atom stereocenters. The Kier molecular flexibility index (Phi) is 4.27. The second kappa shape index (κ2) is 5.96. The van der Waals surface area contributed by atoms with Crippen molar-refractivity contribution in [1.82, 2.24) is 5.32 Å². The van der Waals surface area contributed by atoms with Gasteiger partial charge in [0.25, 0.3) is 5.91 Å². The lowest BCUT2D eigenvalue weighted by Gasteiger charge is -2.13. The molecule has 0 fully saturated rings. The van der Waals surface area contributed by atoms with Gasteiger partial charge < -0.3 is 5.32 Å². The normalized spacial score (nSPS) is 12.0. The van der Waals surface area contributed by atoms with Crippen LogP contribution in [0.1, 0.15) is 28.2 Å². The molecule has 0 aliphatic heterocycles. The summed E-state index contributed by atoms with van der Waals surface area (Å²) in [5, 5.41) is 14.8. The Bertz CT molecular complexity index is 689. The van der Waals surface area contributed by atoms with E-state index in [0.717, 1.165) is 4.88 Å². The molecule has 0 radical (unpaired) electrons. The van der Waals surface area contributed by atoms with Crippen molar-refractivity contribution in [3.05, 3.63) is 61.8 Å². The van der Waals surface area contributed by atoms with Crippen LogP contribution in [0.2, 0.25) is 0 Å². The monoisotopic (exact) mass is 312 g/mol. The van der Waals surface area contributed by atoms with Crippen LogP contribution in [0.5, 0.6) is 0 Å². The fourth-order valence-electron chi connectivity index (χ4n) is 1.77. The van der Waals surface area contributed by atoms with Crippen molar-refractivity contribution in [3.63, 3.8) is 0 Å². The summed E-state index contributed by atoms with van der Waals surface area (Å²) in [6.45, 7) is 1.65. The second-order valence-electron chi connectivity index (χ2n) is 4.22. The molecule has 110 valence electrons. The second-order valence-corrected chi connectivity index (χ2v) is 5.20. The molecule has 0 bridgehead atoms. The summed E-state index contributed by atoms with van der Waals surface area (Å²) in [5.41, 5.74) is -1.89. The van der Waals surface area contributed by atoms with Crippen molar-refractivity contribution >= 4 is 22.9 Å². The lowest BCUT2D eigenvalue weighted by atomic mass is 10.1. The third-order valence-electron chi connectivity index (χ3n) is 2.81. The zero-order valence-corrected chi connectivity index (χ0v) is 11.6. The van der Waals surface area contributed by atoms with Crippen molar-refractivity contribution in [1.29, 1.82) is 0 Å². The molecule has 0 saturated heterocycles. The highest BCUT2D eigenvalue weighted by Gasteiger charge is 2.27. The smallest absolute Gasteiger partial charge is 0.305 e. The summed E-state index contributed by atoms with van der Waals surface area (Å²) in [5.74, 6) is -3.65. The first kappa shape index (κ1) is 15.0. The van der Waals surface area contributed by atoms with Crippen LogP contribution in [0.25, 0.3) is 0 Å². The zero-order chi connectivity index (χ0) is 15.6. The maximum Gasteiger partial charge on any atom is 0.305 e. The number of amides is 1. The highest BCUT2D eigenvalue weighted by molar-refractivity contribution is 7.10. The zero-order valence-electron chi connectivity index (χ0n) is 10.8. The van der Waals surface area contributed by atoms with E-state index in [0.29, 0.717) is 12.1 Å². The first-order valence-electron chi connectivity index (χ1n) is 5.88. The molecule has 1 aromatic heterocycles. The number of hydrogen-bond acceptors (Lipinski definition) is 4. The number of carbonyl (C=O) groups excluding carboxylic acids is 1. The van der Waals surface area contributed by atoms with E-state index in [9.17, 15) is 23.7 Å². The summed E-state index contributed by atoms with van der Waals surface area (Å²) in [6, 6.07) is 4.46. The fraction of sp³-hybridized carbons (Fsp3) is 0.154. The van der Waals surface area contributed by atoms with Gasteiger partial charge in [-0.05, 0) is 24.4 Å². The molecule has 0 aliphatic rings. The Balaban J connectivity index is 2.31. The first-order valence-corrected chi connectivity index (χ1v) is 6.76. The third kappa shape index (κ3) is 3.05. The molecule has 0 spiro atoms. The topological polar surface area (TPSA) is 72.2 Å². The van der Waals surface area contributed by atoms with Gasteiger partial charge in [-0.15, -0.1) is 11.3 Å². The molecule has 2 rings (SSSR count). The maximum absolute atomic E-state index is 13.9. The van der Waals surface area contributed by atoms with E-state index in [1.807, 2.05) is 0 Å². The number of halogens is 2. The molecular formula is C13H10F2N2O3S. The van der Waals surface area contributed by atoms with Gasteiger partial charge in [0.15, 0.2) is 0 Å². The molecule has 2 aromatic rings. The number of nitro groups is 1. The van der Waals surface area contributed by atoms with Gasteiger partial charge in [0.1, 0.15) is 11.4 Å². The SMILES string of the molecule is CC(NC(=O)c1c(F)ccc([N+](=O)[O-])c1F)c1cccs1. The van der Waals surface area contributed by atoms with Gasteiger partial charge in [-0.25, -0.2) is 4.39 Å². The molecule has 8 heteroatoms. The van der Waals surface area contributed by atoms with Crippen molar-refractivity contribution in [2.24, 2.45) is 0 Å². The number of thiophene rings is 1. The minimum Gasteiger partial charge on any atom is -0.345 e.